The minimum absolute atomic E-state index is 0.0455. The first-order valence-electron chi connectivity index (χ1n) is 18.5. The number of fused-ring (bicyclic) bond motifs is 5. The molecule has 0 bridgehead atoms. The Morgan fingerprint density at radius 1 is 1.00 bits per heavy atom. The summed E-state index contributed by atoms with van der Waals surface area (Å²) in [6.07, 6.45) is 12.9. The molecule has 3 aliphatic rings. The topological polar surface area (TPSA) is 44.8 Å². The highest BCUT2D eigenvalue weighted by Gasteiger charge is 2.67. The summed E-state index contributed by atoms with van der Waals surface area (Å²) in [4.78, 5) is 12.4. The smallest absolute Gasteiger partial charge is 0.250 e. The van der Waals surface area contributed by atoms with Gasteiger partial charge in [0.25, 0.3) is 0 Å². The lowest BCUT2D eigenvalue weighted by Crippen LogP contribution is -2.57. The van der Waals surface area contributed by atoms with E-state index in [1.165, 1.54) is 11.1 Å². The molecule has 2 saturated carbocycles. The van der Waals surface area contributed by atoms with Crippen molar-refractivity contribution >= 4 is 31.2 Å². The van der Waals surface area contributed by atoms with Gasteiger partial charge in [0.1, 0.15) is 23.7 Å². The first-order chi connectivity index (χ1) is 21.9. The second kappa shape index (κ2) is 13.5. The normalized spacial score (nSPS) is 29.8. The molecule has 4 nitrogen and oxygen atoms in total. The predicted molar refractivity (Wildman–Crippen MR) is 209 cm³/mol. The van der Waals surface area contributed by atoms with E-state index in [-0.39, 0.29) is 27.5 Å². The molecule has 0 N–H and O–H groups in total. The van der Waals surface area contributed by atoms with Gasteiger partial charge in [-0.25, -0.2) is 0 Å². The molecular formula is C41H66O4Si3. The maximum atomic E-state index is 12.4. The Balaban J connectivity index is 1.74. The summed E-state index contributed by atoms with van der Waals surface area (Å²) < 4.78 is 21.0. The number of aryl methyl sites for hydroxylation is 1. The number of carbonyl (C=O) groups is 1. The summed E-state index contributed by atoms with van der Waals surface area (Å²) in [5.74, 6) is 12.9. The molecule has 0 saturated heterocycles. The van der Waals surface area contributed by atoms with Gasteiger partial charge >= 0.3 is 0 Å². The number of aldehydes is 1. The molecule has 48 heavy (non-hydrogen) atoms. The Morgan fingerprint density at radius 2 is 1.65 bits per heavy atom. The molecule has 0 radical (unpaired) electrons. The lowest BCUT2D eigenvalue weighted by molar-refractivity contribution is -0.111. The quantitative estimate of drug-likeness (QED) is 0.146. The highest BCUT2D eigenvalue weighted by atomic mass is 28.4. The molecule has 266 valence electrons. The summed E-state index contributed by atoms with van der Waals surface area (Å²) in [6.45, 7) is 32.1. The van der Waals surface area contributed by atoms with Gasteiger partial charge in [0, 0.05) is 24.2 Å². The molecule has 0 unspecified atom stereocenters. The zero-order chi connectivity index (χ0) is 36.1. The second-order valence-corrected chi connectivity index (χ2v) is 33.3. The van der Waals surface area contributed by atoms with Crippen molar-refractivity contribution in [2.24, 2.45) is 23.2 Å². The van der Waals surface area contributed by atoms with Crippen LogP contribution in [0.1, 0.15) is 104 Å². The van der Waals surface area contributed by atoms with Crippen molar-refractivity contribution in [1.82, 2.24) is 0 Å². The van der Waals surface area contributed by atoms with E-state index < -0.39 is 30.6 Å². The third-order valence-electron chi connectivity index (χ3n) is 13.0. The maximum absolute atomic E-state index is 12.4. The van der Waals surface area contributed by atoms with Gasteiger partial charge in [0.05, 0.1) is 0 Å². The van der Waals surface area contributed by atoms with Gasteiger partial charge < -0.3 is 18.1 Å². The zero-order valence-corrected chi connectivity index (χ0v) is 35.9. The van der Waals surface area contributed by atoms with Gasteiger partial charge in [-0.15, -0.1) is 12.3 Å². The van der Waals surface area contributed by atoms with Gasteiger partial charge in [-0.3, -0.25) is 0 Å². The first-order valence-corrected chi connectivity index (χ1v) is 27.7. The summed E-state index contributed by atoms with van der Waals surface area (Å²) in [7, 11) is -6.13. The van der Waals surface area contributed by atoms with Crippen LogP contribution < -0.4 is 4.43 Å². The van der Waals surface area contributed by atoms with Gasteiger partial charge in [-0.2, -0.15) is 0 Å². The number of benzene rings is 1. The Labute approximate surface area is 297 Å². The number of carbonyl (C=O) groups excluding carboxylic acids is 1. The molecular weight excluding hydrogens is 641 g/mol. The van der Waals surface area contributed by atoms with Crippen LogP contribution in [0.5, 0.6) is 5.75 Å². The predicted octanol–water partition coefficient (Wildman–Crippen LogP) is 10.7. The van der Waals surface area contributed by atoms with E-state index in [1.54, 1.807) is 0 Å². The van der Waals surface area contributed by atoms with Crippen molar-refractivity contribution in [2.45, 2.75) is 167 Å². The molecule has 4 rings (SSSR count). The molecule has 0 spiro atoms. The molecule has 3 aliphatic carbocycles. The third kappa shape index (κ3) is 7.52. The number of hydrogen-bond acceptors (Lipinski definition) is 4. The van der Waals surface area contributed by atoms with E-state index >= 15 is 0 Å². The maximum Gasteiger partial charge on any atom is 0.250 e. The van der Waals surface area contributed by atoms with E-state index in [0.29, 0.717) is 30.6 Å². The minimum atomic E-state index is -2.12. The van der Waals surface area contributed by atoms with Crippen LogP contribution in [0.25, 0.3) is 0 Å². The van der Waals surface area contributed by atoms with E-state index in [4.69, 9.17) is 19.7 Å². The average molecular weight is 707 g/mol. The van der Waals surface area contributed by atoms with Gasteiger partial charge in [-0.05, 0) is 129 Å². The van der Waals surface area contributed by atoms with Crippen LogP contribution in [0.4, 0.5) is 0 Å². The lowest BCUT2D eigenvalue weighted by atomic mass is 9.53. The highest BCUT2D eigenvalue weighted by Crippen LogP contribution is 2.68. The van der Waals surface area contributed by atoms with Crippen molar-refractivity contribution < 1.29 is 18.1 Å². The van der Waals surface area contributed by atoms with Crippen LogP contribution >= 0.6 is 0 Å². The summed E-state index contributed by atoms with van der Waals surface area (Å²) in [6, 6.07) is 6.96. The average Bonchev–Trinajstić information content (AvgIpc) is 3.16. The summed E-state index contributed by atoms with van der Waals surface area (Å²) in [5, 5.41) is 0.208. The van der Waals surface area contributed by atoms with Crippen molar-refractivity contribution in [3.05, 3.63) is 29.3 Å². The summed E-state index contributed by atoms with van der Waals surface area (Å²) in [5.41, 5.74) is 2.09. The monoisotopic (exact) mass is 706 g/mol. The van der Waals surface area contributed by atoms with Crippen LogP contribution in [-0.4, -0.2) is 42.9 Å². The number of terminal acetylenes is 1. The molecule has 1 aromatic carbocycles. The van der Waals surface area contributed by atoms with Crippen molar-refractivity contribution in [3.8, 4) is 29.9 Å². The molecule has 7 heteroatoms. The van der Waals surface area contributed by atoms with E-state index in [9.17, 15) is 4.79 Å². The summed E-state index contributed by atoms with van der Waals surface area (Å²) >= 11 is 0. The third-order valence-corrected chi connectivity index (χ3v) is 22.8. The Hall–Kier alpha value is -1.62. The Bertz CT molecular complexity index is 1440. The van der Waals surface area contributed by atoms with Gasteiger partial charge in [0.2, 0.25) is 8.32 Å². The van der Waals surface area contributed by atoms with Crippen molar-refractivity contribution in [2.75, 3.05) is 0 Å². The molecule has 7 atom stereocenters. The van der Waals surface area contributed by atoms with E-state index in [0.717, 1.165) is 44.1 Å². The largest absolute Gasteiger partial charge is 0.543 e. The second-order valence-electron chi connectivity index (χ2n) is 19.4. The molecule has 0 aliphatic heterocycles. The van der Waals surface area contributed by atoms with Crippen LogP contribution in [-0.2, 0) is 20.1 Å². The van der Waals surface area contributed by atoms with Crippen LogP contribution in [0.15, 0.2) is 18.2 Å². The number of hydrogen-bond donors (Lipinski definition) is 0. The van der Waals surface area contributed by atoms with Crippen molar-refractivity contribution in [3.63, 3.8) is 0 Å². The molecule has 0 amide bonds. The molecule has 1 aromatic rings. The Morgan fingerprint density at radius 3 is 2.21 bits per heavy atom. The highest BCUT2D eigenvalue weighted by molar-refractivity contribution is 6.75. The fraction of sp³-hybridized carbons (Fsp3) is 0.732. The lowest BCUT2D eigenvalue weighted by Gasteiger charge is -2.55. The molecule has 0 aromatic heterocycles. The Kier molecular flexibility index (Phi) is 11.0. The van der Waals surface area contributed by atoms with Crippen LogP contribution in [0.2, 0.25) is 55.9 Å². The fourth-order valence-electron chi connectivity index (χ4n) is 8.51. The number of rotatable bonds is 9. The molecule has 2 fully saturated rings. The fourth-order valence-corrected chi connectivity index (χ4v) is 12.2. The molecule has 0 heterocycles. The SMILES string of the molecule is C#CC[C@@H](C#C[C@]1(O[Si](C)(C)C)[C@H](CC=O)C[C@H]2[C@@H]3CCc4cc(O[Si](C)(C)C(C)(C)C)ccc4[C@H]3CC[C@@]21C)O[Si](C)(C)C(C)(C)C. The minimum Gasteiger partial charge on any atom is -0.543 e. The van der Waals surface area contributed by atoms with Crippen LogP contribution in [0.3, 0.4) is 0 Å². The zero-order valence-electron chi connectivity index (χ0n) is 32.9. The first kappa shape index (κ1) is 39.2. The van der Waals surface area contributed by atoms with Crippen molar-refractivity contribution in [1.29, 1.82) is 0 Å². The van der Waals surface area contributed by atoms with E-state index in [1.807, 2.05) is 0 Å². The van der Waals surface area contributed by atoms with E-state index in [2.05, 4.69) is 130 Å². The van der Waals surface area contributed by atoms with Crippen LogP contribution in [0, 0.1) is 47.4 Å². The van der Waals surface area contributed by atoms with Gasteiger partial charge in [-0.1, -0.05) is 66.4 Å². The van der Waals surface area contributed by atoms with Gasteiger partial charge in [0.15, 0.2) is 16.6 Å². The standard InChI is InChI=1S/C41H66O4Si3/c1-16-17-32(43-47(12,13)38(2,3)4)22-26-41(45-46(9,10)11)31(24-27-42)29-37-36-20-18-30-28-33(44-48(14,15)39(5,6)7)19-21-34(30)35(36)23-25-40(37,41)8/h1,19,21,27-28,31-32,35-37H,17-18,20,23-25,29H2,2-15H3/t31-,32+,35-,36-,37+,40+,41+/m1/s1.